The molecule has 0 bridgehead atoms. The maximum Gasteiger partial charge on any atom is 0.255 e. The first-order valence-electron chi connectivity index (χ1n) is 6.26. The van der Waals surface area contributed by atoms with Crippen molar-refractivity contribution in [2.45, 2.75) is 13.5 Å². The van der Waals surface area contributed by atoms with Gasteiger partial charge < -0.3 is 4.90 Å². The Morgan fingerprint density at radius 1 is 1.35 bits per heavy atom. The second-order valence-electron chi connectivity index (χ2n) is 4.26. The summed E-state index contributed by atoms with van der Waals surface area (Å²) in [5.74, 6) is 0.0313. The van der Waals surface area contributed by atoms with Gasteiger partial charge in [-0.05, 0) is 59.8 Å². The van der Waals surface area contributed by atoms with Crippen LogP contribution in [-0.2, 0) is 6.54 Å². The van der Waals surface area contributed by atoms with Gasteiger partial charge in [-0.2, -0.15) is 0 Å². The molecule has 20 heavy (non-hydrogen) atoms. The molecule has 0 N–H and O–H groups in total. The van der Waals surface area contributed by atoms with Gasteiger partial charge >= 0.3 is 0 Å². The summed E-state index contributed by atoms with van der Waals surface area (Å²) in [4.78, 5) is 18.7. The Balaban J connectivity index is 2.23. The molecule has 1 heterocycles. The van der Waals surface area contributed by atoms with Gasteiger partial charge in [0.05, 0.1) is 17.8 Å². The normalized spacial score (nSPS) is 10.3. The number of carbonyl (C=O) groups excluding carboxylic acids is 1. The molecule has 5 heteroatoms. The Hall–Kier alpha value is -0.950. The maximum absolute atomic E-state index is 12.6. The third-order valence-corrected chi connectivity index (χ3v) is 4.34. The van der Waals surface area contributed by atoms with Gasteiger partial charge in [0, 0.05) is 20.8 Å². The van der Waals surface area contributed by atoms with E-state index in [1.807, 2.05) is 43.3 Å². The molecule has 1 aromatic heterocycles. The summed E-state index contributed by atoms with van der Waals surface area (Å²) in [6, 6.07) is 11.5. The molecule has 2 rings (SSSR count). The van der Waals surface area contributed by atoms with E-state index < -0.39 is 0 Å². The molecule has 0 spiro atoms. The van der Waals surface area contributed by atoms with Crippen LogP contribution < -0.4 is 0 Å². The number of hydrogen-bond donors (Lipinski definition) is 0. The average molecular weight is 445 g/mol. The highest BCUT2D eigenvalue weighted by atomic mass is 127. The van der Waals surface area contributed by atoms with Crippen LogP contribution in [0.4, 0.5) is 0 Å². The topological polar surface area (TPSA) is 33.2 Å². The summed E-state index contributed by atoms with van der Waals surface area (Å²) in [5.41, 5.74) is 1.62. The van der Waals surface area contributed by atoms with Gasteiger partial charge in [-0.15, -0.1) is 0 Å². The van der Waals surface area contributed by atoms with E-state index in [1.165, 1.54) is 0 Å². The quantitative estimate of drug-likeness (QED) is 0.665. The minimum absolute atomic E-state index is 0.0313. The van der Waals surface area contributed by atoms with Crippen molar-refractivity contribution in [3.05, 3.63) is 61.9 Å². The van der Waals surface area contributed by atoms with Crippen LogP contribution >= 0.6 is 38.5 Å². The molecule has 0 aliphatic heterocycles. The number of pyridine rings is 1. The molecule has 0 saturated heterocycles. The van der Waals surface area contributed by atoms with Crippen LogP contribution in [0.1, 0.15) is 23.0 Å². The second-order valence-corrected chi connectivity index (χ2v) is 6.34. The molecule has 0 aliphatic rings. The van der Waals surface area contributed by atoms with Crippen molar-refractivity contribution in [2.24, 2.45) is 0 Å². The van der Waals surface area contributed by atoms with E-state index in [2.05, 4.69) is 43.5 Å². The van der Waals surface area contributed by atoms with E-state index in [-0.39, 0.29) is 5.91 Å². The van der Waals surface area contributed by atoms with Crippen LogP contribution in [0.25, 0.3) is 0 Å². The molecule has 3 nitrogen and oxygen atoms in total. The Kier molecular flexibility index (Phi) is 5.54. The molecule has 0 saturated carbocycles. The zero-order valence-electron chi connectivity index (χ0n) is 11.0. The number of hydrogen-bond acceptors (Lipinski definition) is 2. The summed E-state index contributed by atoms with van der Waals surface area (Å²) in [6.45, 7) is 3.16. The molecule has 0 fully saturated rings. The van der Waals surface area contributed by atoms with Gasteiger partial charge in [0.2, 0.25) is 0 Å². The SMILES string of the molecule is CCN(Cc1ccccn1)C(=O)c1cc(Br)ccc1I. The lowest BCUT2D eigenvalue weighted by atomic mass is 10.2. The van der Waals surface area contributed by atoms with Crippen LogP contribution in [0.5, 0.6) is 0 Å². The number of amides is 1. The van der Waals surface area contributed by atoms with Gasteiger partial charge in [0.25, 0.3) is 5.91 Å². The number of rotatable bonds is 4. The number of carbonyl (C=O) groups is 1. The monoisotopic (exact) mass is 444 g/mol. The van der Waals surface area contributed by atoms with E-state index in [4.69, 9.17) is 0 Å². The maximum atomic E-state index is 12.6. The molecule has 1 amide bonds. The third kappa shape index (κ3) is 3.79. The summed E-state index contributed by atoms with van der Waals surface area (Å²) in [5, 5.41) is 0. The zero-order chi connectivity index (χ0) is 14.5. The molecule has 1 aromatic carbocycles. The number of benzene rings is 1. The predicted molar refractivity (Wildman–Crippen MR) is 91.5 cm³/mol. The molecule has 2 aromatic rings. The number of halogens is 2. The lowest BCUT2D eigenvalue weighted by Gasteiger charge is -2.21. The molecule has 104 valence electrons. The highest BCUT2D eigenvalue weighted by Gasteiger charge is 2.17. The molecule has 0 unspecified atom stereocenters. The smallest absolute Gasteiger partial charge is 0.255 e. The van der Waals surface area contributed by atoms with Gasteiger partial charge in [0.1, 0.15) is 0 Å². The van der Waals surface area contributed by atoms with Crippen LogP contribution in [0.3, 0.4) is 0 Å². The van der Waals surface area contributed by atoms with E-state index in [9.17, 15) is 4.79 Å². The van der Waals surface area contributed by atoms with Crippen molar-refractivity contribution in [2.75, 3.05) is 6.54 Å². The molecular weight excluding hydrogens is 431 g/mol. The summed E-state index contributed by atoms with van der Waals surface area (Å²) in [7, 11) is 0. The molecule has 0 aliphatic carbocycles. The first-order valence-corrected chi connectivity index (χ1v) is 8.13. The van der Waals surface area contributed by atoms with E-state index in [1.54, 1.807) is 11.1 Å². The minimum Gasteiger partial charge on any atom is -0.333 e. The Morgan fingerprint density at radius 3 is 2.80 bits per heavy atom. The van der Waals surface area contributed by atoms with Gasteiger partial charge in [-0.3, -0.25) is 9.78 Å². The fraction of sp³-hybridized carbons (Fsp3) is 0.200. The van der Waals surface area contributed by atoms with E-state index in [0.29, 0.717) is 13.1 Å². The van der Waals surface area contributed by atoms with Gasteiger partial charge in [-0.1, -0.05) is 22.0 Å². The fourth-order valence-corrected chi connectivity index (χ4v) is 2.77. The molecule has 0 atom stereocenters. The summed E-state index contributed by atoms with van der Waals surface area (Å²) < 4.78 is 1.87. The van der Waals surface area contributed by atoms with Crippen molar-refractivity contribution >= 4 is 44.4 Å². The van der Waals surface area contributed by atoms with Crippen molar-refractivity contribution in [1.29, 1.82) is 0 Å². The largest absolute Gasteiger partial charge is 0.333 e. The molecular formula is C15H14BrIN2O. The van der Waals surface area contributed by atoms with Crippen LogP contribution in [0.2, 0.25) is 0 Å². The highest BCUT2D eigenvalue weighted by Crippen LogP contribution is 2.20. The van der Waals surface area contributed by atoms with Crippen molar-refractivity contribution in [3.63, 3.8) is 0 Å². The Bertz CT molecular complexity index is 604. The van der Waals surface area contributed by atoms with E-state index in [0.717, 1.165) is 19.3 Å². The minimum atomic E-state index is 0.0313. The van der Waals surface area contributed by atoms with Gasteiger partial charge in [-0.25, -0.2) is 0 Å². The van der Waals surface area contributed by atoms with E-state index >= 15 is 0 Å². The first-order chi connectivity index (χ1) is 9.61. The standard InChI is InChI=1S/C15H14BrIN2O/c1-2-19(10-12-5-3-4-8-18-12)15(20)13-9-11(16)6-7-14(13)17/h3-9H,2,10H2,1H3. The lowest BCUT2D eigenvalue weighted by molar-refractivity contribution is 0.0749. The van der Waals surface area contributed by atoms with Crippen molar-refractivity contribution < 1.29 is 4.79 Å². The van der Waals surface area contributed by atoms with Crippen molar-refractivity contribution in [1.82, 2.24) is 9.88 Å². The fourth-order valence-electron chi connectivity index (χ4n) is 1.85. The molecule has 0 radical (unpaired) electrons. The lowest BCUT2D eigenvalue weighted by Crippen LogP contribution is -2.31. The van der Waals surface area contributed by atoms with Gasteiger partial charge in [0.15, 0.2) is 0 Å². The number of nitrogens with zero attached hydrogens (tertiary/aromatic N) is 2. The van der Waals surface area contributed by atoms with Crippen LogP contribution in [0.15, 0.2) is 47.1 Å². The average Bonchev–Trinajstić information content (AvgIpc) is 2.47. The second kappa shape index (κ2) is 7.17. The number of aromatic nitrogens is 1. The van der Waals surface area contributed by atoms with Crippen LogP contribution in [0, 0.1) is 3.57 Å². The van der Waals surface area contributed by atoms with Crippen molar-refractivity contribution in [3.8, 4) is 0 Å². The zero-order valence-corrected chi connectivity index (χ0v) is 14.8. The Labute approximate surface area is 140 Å². The highest BCUT2D eigenvalue weighted by molar-refractivity contribution is 14.1. The Morgan fingerprint density at radius 2 is 2.15 bits per heavy atom. The summed E-state index contributed by atoms with van der Waals surface area (Å²) >= 11 is 5.61. The summed E-state index contributed by atoms with van der Waals surface area (Å²) in [6.07, 6.45) is 1.75. The third-order valence-electron chi connectivity index (χ3n) is 2.91. The predicted octanol–water partition coefficient (Wildman–Crippen LogP) is 4.11. The first kappa shape index (κ1) is 15.4. The van der Waals surface area contributed by atoms with Crippen LogP contribution in [-0.4, -0.2) is 22.3 Å².